The smallest absolute Gasteiger partial charge is 0.284 e. The molecule has 0 atom stereocenters. The fourth-order valence-electron chi connectivity index (χ4n) is 1.82. The monoisotopic (exact) mass is 240 g/mol. The normalized spacial score (nSPS) is 16.9. The fourth-order valence-corrected chi connectivity index (χ4v) is 2.48. The van der Waals surface area contributed by atoms with E-state index >= 15 is 0 Å². The van der Waals surface area contributed by atoms with Gasteiger partial charge in [0.1, 0.15) is 0 Å². The van der Waals surface area contributed by atoms with Crippen molar-refractivity contribution in [3.8, 4) is 0 Å². The predicted molar refractivity (Wildman–Crippen MR) is 63.8 cm³/mol. The van der Waals surface area contributed by atoms with Gasteiger partial charge in [-0.15, -0.1) is 10.2 Å². The molecule has 1 aromatic rings. The molecule has 6 heteroatoms. The van der Waals surface area contributed by atoms with Gasteiger partial charge in [0.15, 0.2) is 0 Å². The number of aromatic nitrogens is 2. The molecular formula is C10H16N4OS. The number of carbonyl (C=O) groups excluding carboxylic acids is 1. The molecular weight excluding hydrogens is 224 g/mol. The summed E-state index contributed by atoms with van der Waals surface area (Å²) in [5.74, 6) is 0.0286. The molecule has 1 aliphatic rings. The van der Waals surface area contributed by atoms with Crippen LogP contribution in [0, 0.1) is 0 Å². The van der Waals surface area contributed by atoms with Crippen LogP contribution in [0.15, 0.2) is 0 Å². The molecule has 0 spiro atoms. The van der Waals surface area contributed by atoms with Crippen molar-refractivity contribution in [3.63, 3.8) is 0 Å². The van der Waals surface area contributed by atoms with Crippen molar-refractivity contribution in [2.24, 2.45) is 0 Å². The van der Waals surface area contributed by atoms with Crippen LogP contribution in [0.1, 0.15) is 35.5 Å². The molecule has 1 fully saturated rings. The molecule has 0 radical (unpaired) electrons. The largest absolute Gasteiger partial charge is 0.363 e. The molecule has 0 aliphatic carbocycles. The lowest BCUT2D eigenvalue weighted by atomic mass is 10.2. The van der Waals surface area contributed by atoms with E-state index in [1.807, 2.05) is 4.90 Å². The zero-order valence-corrected chi connectivity index (χ0v) is 10.2. The van der Waals surface area contributed by atoms with Gasteiger partial charge in [0, 0.05) is 20.1 Å². The Morgan fingerprint density at radius 3 is 2.50 bits per heavy atom. The highest BCUT2D eigenvalue weighted by Gasteiger charge is 2.20. The van der Waals surface area contributed by atoms with Crippen molar-refractivity contribution in [2.75, 3.05) is 25.5 Å². The van der Waals surface area contributed by atoms with Crippen LogP contribution in [0.4, 0.5) is 5.13 Å². The number of carbonyl (C=O) groups is 1. The topological polar surface area (TPSA) is 58.1 Å². The number of rotatable bonds is 2. The van der Waals surface area contributed by atoms with Gasteiger partial charge >= 0.3 is 0 Å². The quantitative estimate of drug-likeness (QED) is 0.853. The number of hydrogen-bond donors (Lipinski definition) is 1. The second-order valence-electron chi connectivity index (χ2n) is 3.87. The van der Waals surface area contributed by atoms with E-state index in [1.54, 1.807) is 7.05 Å². The van der Waals surface area contributed by atoms with Crippen molar-refractivity contribution in [1.29, 1.82) is 0 Å². The Hall–Kier alpha value is -1.17. The first kappa shape index (κ1) is 11.3. The third kappa shape index (κ3) is 2.49. The second-order valence-corrected chi connectivity index (χ2v) is 4.85. The maximum absolute atomic E-state index is 12.1. The highest BCUT2D eigenvalue weighted by molar-refractivity contribution is 7.17. The number of anilines is 1. The molecule has 1 N–H and O–H groups in total. The molecule has 2 rings (SSSR count). The van der Waals surface area contributed by atoms with Crippen molar-refractivity contribution in [1.82, 2.24) is 15.1 Å². The summed E-state index contributed by atoms with van der Waals surface area (Å²) in [6.07, 6.45) is 4.65. The van der Waals surface area contributed by atoms with Gasteiger partial charge in [-0.25, -0.2) is 0 Å². The number of nitrogens with one attached hydrogen (secondary N) is 1. The molecule has 88 valence electrons. The average molecular weight is 240 g/mol. The lowest BCUT2D eigenvalue weighted by Crippen LogP contribution is -2.31. The van der Waals surface area contributed by atoms with E-state index in [-0.39, 0.29) is 5.91 Å². The Bertz CT molecular complexity index is 357. The van der Waals surface area contributed by atoms with Gasteiger partial charge in [-0.1, -0.05) is 24.2 Å². The van der Waals surface area contributed by atoms with E-state index < -0.39 is 0 Å². The first-order valence-corrected chi connectivity index (χ1v) is 6.43. The Morgan fingerprint density at radius 2 is 1.94 bits per heavy atom. The maximum Gasteiger partial charge on any atom is 0.284 e. The van der Waals surface area contributed by atoms with Crippen LogP contribution in [-0.2, 0) is 0 Å². The molecule has 5 nitrogen and oxygen atoms in total. The Kier molecular flexibility index (Phi) is 3.71. The molecule has 2 heterocycles. The van der Waals surface area contributed by atoms with Crippen LogP contribution >= 0.6 is 11.3 Å². The Balaban J connectivity index is 2.05. The standard InChI is InChI=1S/C10H16N4OS/c1-11-10-13-12-8(16-10)9(15)14-6-4-2-3-5-7-14/h2-7H2,1H3,(H,11,13). The van der Waals surface area contributed by atoms with Crippen LogP contribution < -0.4 is 5.32 Å². The molecule has 1 aliphatic heterocycles. The lowest BCUT2D eigenvalue weighted by Gasteiger charge is -2.18. The third-order valence-corrected chi connectivity index (χ3v) is 3.64. The van der Waals surface area contributed by atoms with Crippen molar-refractivity contribution in [3.05, 3.63) is 5.01 Å². The first-order valence-electron chi connectivity index (χ1n) is 5.62. The Labute approximate surface area is 98.9 Å². The van der Waals surface area contributed by atoms with Crippen LogP contribution in [0.5, 0.6) is 0 Å². The fraction of sp³-hybridized carbons (Fsp3) is 0.700. The summed E-state index contributed by atoms with van der Waals surface area (Å²) >= 11 is 1.32. The van der Waals surface area contributed by atoms with Crippen molar-refractivity contribution >= 4 is 22.4 Å². The zero-order chi connectivity index (χ0) is 11.4. The van der Waals surface area contributed by atoms with Gasteiger partial charge in [-0.05, 0) is 12.8 Å². The minimum atomic E-state index is 0.0286. The molecule has 16 heavy (non-hydrogen) atoms. The summed E-state index contributed by atoms with van der Waals surface area (Å²) in [7, 11) is 1.78. The van der Waals surface area contributed by atoms with E-state index in [2.05, 4.69) is 15.5 Å². The van der Waals surface area contributed by atoms with Gasteiger partial charge in [0.25, 0.3) is 5.91 Å². The summed E-state index contributed by atoms with van der Waals surface area (Å²) in [5.41, 5.74) is 0. The molecule has 1 amide bonds. The Morgan fingerprint density at radius 1 is 1.25 bits per heavy atom. The molecule has 0 unspecified atom stereocenters. The maximum atomic E-state index is 12.1. The summed E-state index contributed by atoms with van der Waals surface area (Å²) < 4.78 is 0. The van der Waals surface area contributed by atoms with Gasteiger partial charge in [0.05, 0.1) is 0 Å². The van der Waals surface area contributed by atoms with Crippen LogP contribution in [-0.4, -0.2) is 41.1 Å². The van der Waals surface area contributed by atoms with E-state index in [4.69, 9.17) is 0 Å². The number of hydrogen-bond acceptors (Lipinski definition) is 5. The van der Waals surface area contributed by atoms with Crippen molar-refractivity contribution < 1.29 is 4.79 Å². The zero-order valence-electron chi connectivity index (χ0n) is 9.40. The van der Waals surface area contributed by atoms with E-state index in [0.717, 1.165) is 25.9 Å². The van der Waals surface area contributed by atoms with Crippen molar-refractivity contribution in [2.45, 2.75) is 25.7 Å². The van der Waals surface area contributed by atoms with Gasteiger partial charge < -0.3 is 10.2 Å². The SMILES string of the molecule is CNc1nnc(C(=O)N2CCCCCC2)s1. The second kappa shape index (κ2) is 5.25. The van der Waals surface area contributed by atoms with Crippen LogP contribution in [0.3, 0.4) is 0 Å². The molecule has 1 aromatic heterocycles. The van der Waals surface area contributed by atoms with Gasteiger partial charge in [-0.2, -0.15) is 0 Å². The summed E-state index contributed by atoms with van der Waals surface area (Å²) in [4.78, 5) is 14.0. The average Bonchev–Trinajstić information content (AvgIpc) is 2.62. The summed E-state index contributed by atoms with van der Waals surface area (Å²) in [6, 6.07) is 0. The predicted octanol–water partition coefficient (Wildman–Crippen LogP) is 1.60. The van der Waals surface area contributed by atoms with Gasteiger partial charge in [0.2, 0.25) is 10.1 Å². The van der Waals surface area contributed by atoms with E-state index in [0.29, 0.717) is 10.1 Å². The van der Waals surface area contributed by atoms with Crippen LogP contribution in [0.25, 0.3) is 0 Å². The summed E-state index contributed by atoms with van der Waals surface area (Å²) in [6.45, 7) is 1.71. The highest BCUT2D eigenvalue weighted by atomic mass is 32.1. The first-order chi connectivity index (χ1) is 7.81. The lowest BCUT2D eigenvalue weighted by molar-refractivity contribution is 0.0760. The molecule has 1 saturated heterocycles. The molecule has 0 saturated carbocycles. The highest BCUT2D eigenvalue weighted by Crippen LogP contribution is 2.18. The van der Waals surface area contributed by atoms with Crippen LogP contribution in [0.2, 0.25) is 0 Å². The van der Waals surface area contributed by atoms with E-state index in [9.17, 15) is 4.79 Å². The minimum absolute atomic E-state index is 0.0286. The third-order valence-electron chi connectivity index (χ3n) is 2.72. The van der Waals surface area contributed by atoms with E-state index in [1.165, 1.54) is 24.2 Å². The summed E-state index contributed by atoms with van der Waals surface area (Å²) in [5, 5.41) is 11.9. The number of likely N-dealkylation sites (tertiary alicyclic amines) is 1. The number of amides is 1. The number of nitrogens with zero attached hydrogens (tertiary/aromatic N) is 3. The van der Waals surface area contributed by atoms with Gasteiger partial charge in [-0.3, -0.25) is 4.79 Å². The molecule has 0 aromatic carbocycles. The molecule has 0 bridgehead atoms. The minimum Gasteiger partial charge on any atom is -0.363 e.